The lowest BCUT2D eigenvalue weighted by Gasteiger charge is -2.41. The smallest absolute Gasteiger partial charge is 0.257 e. The molecule has 3 heterocycles. The van der Waals surface area contributed by atoms with Crippen LogP contribution in [0.5, 0.6) is 0 Å². The molecule has 0 bridgehead atoms. The number of β-amino-alcohol motifs (C(OH)–C–C–N with tert-alkyl or cyclic N) is 1. The summed E-state index contributed by atoms with van der Waals surface area (Å²) < 4.78 is 0. The fourth-order valence-electron chi connectivity index (χ4n) is 3.64. The number of carbonyl (C=O) groups is 1. The number of aliphatic hydroxyl groups excluding tert-OH is 1. The van der Waals surface area contributed by atoms with E-state index in [1.807, 2.05) is 13.8 Å². The summed E-state index contributed by atoms with van der Waals surface area (Å²) in [5.41, 5.74) is 0.0294. The van der Waals surface area contributed by atoms with Gasteiger partial charge in [0.1, 0.15) is 6.10 Å². The van der Waals surface area contributed by atoms with E-state index in [-0.39, 0.29) is 12.5 Å². The normalized spacial score (nSPS) is 27.4. The van der Waals surface area contributed by atoms with Gasteiger partial charge in [0.2, 0.25) is 5.95 Å². The molecule has 0 spiro atoms. The molecule has 1 aromatic heterocycles. The minimum Gasteiger partial charge on any atom is -0.388 e. The Morgan fingerprint density at radius 3 is 2.64 bits per heavy atom. The fraction of sp³-hybridized carbons (Fsp3) is 0.722. The highest BCUT2D eigenvalue weighted by atomic mass is 16.3. The molecule has 0 radical (unpaired) electrons. The summed E-state index contributed by atoms with van der Waals surface area (Å²) in [4.78, 5) is 25.5. The van der Waals surface area contributed by atoms with Gasteiger partial charge >= 0.3 is 0 Å². The van der Waals surface area contributed by atoms with E-state index in [9.17, 15) is 15.0 Å². The Morgan fingerprint density at radius 1 is 1.32 bits per heavy atom. The molecule has 1 amide bonds. The van der Waals surface area contributed by atoms with Crippen LogP contribution in [-0.2, 0) is 0 Å². The third kappa shape index (κ3) is 3.62. The average Bonchev–Trinajstić information content (AvgIpc) is 2.64. The number of amides is 1. The van der Waals surface area contributed by atoms with Crippen LogP contribution in [0.2, 0.25) is 0 Å². The molecule has 0 aromatic carbocycles. The second-order valence-electron chi connectivity index (χ2n) is 7.19. The molecule has 138 valence electrons. The maximum Gasteiger partial charge on any atom is 0.257 e. The summed E-state index contributed by atoms with van der Waals surface area (Å²) in [7, 11) is 0. The standard InChI is InChI=1S/C18H28N4O3/c1-3-18(25)7-10-22(12-15(18)23)16(24)14-11-19-17(20-13(14)2)21-8-5-4-6-9-21/h11,15,23,25H,3-10,12H2,1-2H3/t15-,18-/m0/s1. The number of carbonyl (C=O) groups excluding carboxylic acids is 1. The van der Waals surface area contributed by atoms with E-state index in [4.69, 9.17) is 0 Å². The van der Waals surface area contributed by atoms with Gasteiger partial charge < -0.3 is 20.0 Å². The molecule has 2 saturated heterocycles. The van der Waals surface area contributed by atoms with Crippen molar-refractivity contribution in [2.75, 3.05) is 31.1 Å². The first-order chi connectivity index (χ1) is 11.9. The Morgan fingerprint density at radius 2 is 2.04 bits per heavy atom. The minimum atomic E-state index is -1.10. The zero-order valence-corrected chi connectivity index (χ0v) is 15.1. The van der Waals surface area contributed by atoms with E-state index in [1.165, 1.54) is 6.42 Å². The van der Waals surface area contributed by atoms with Gasteiger partial charge in [-0.3, -0.25) is 4.79 Å². The number of piperidine rings is 2. The predicted octanol–water partition coefficient (Wildman–Crippen LogP) is 1.12. The molecular formula is C18H28N4O3. The third-order valence-corrected chi connectivity index (χ3v) is 5.56. The van der Waals surface area contributed by atoms with E-state index >= 15 is 0 Å². The lowest BCUT2D eigenvalue weighted by molar-refractivity contribution is -0.114. The van der Waals surface area contributed by atoms with Gasteiger partial charge in [0.05, 0.1) is 16.9 Å². The Bertz CT molecular complexity index is 633. The second-order valence-corrected chi connectivity index (χ2v) is 7.19. The average molecular weight is 348 g/mol. The predicted molar refractivity (Wildman–Crippen MR) is 94.6 cm³/mol. The van der Waals surface area contributed by atoms with Crippen LogP contribution in [0.25, 0.3) is 0 Å². The summed E-state index contributed by atoms with van der Waals surface area (Å²) in [6.07, 6.45) is 5.06. The Labute approximate surface area is 148 Å². The van der Waals surface area contributed by atoms with Crippen molar-refractivity contribution < 1.29 is 15.0 Å². The molecule has 2 aliphatic heterocycles. The van der Waals surface area contributed by atoms with E-state index in [2.05, 4.69) is 14.9 Å². The SMILES string of the molecule is CC[C@]1(O)CCN(C(=O)c2cnc(N3CCCCC3)nc2C)C[C@@H]1O. The molecular weight excluding hydrogens is 320 g/mol. The molecule has 3 rings (SSSR count). The van der Waals surface area contributed by atoms with Crippen LogP contribution in [0.4, 0.5) is 5.95 Å². The Hall–Kier alpha value is -1.73. The van der Waals surface area contributed by atoms with Crippen molar-refractivity contribution in [1.29, 1.82) is 0 Å². The fourth-order valence-corrected chi connectivity index (χ4v) is 3.64. The number of hydrogen-bond donors (Lipinski definition) is 2. The van der Waals surface area contributed by atoms with Gasteiger partial charge in [-0.15, -0.1) is 0 Å². The van der Waals surface area contributed by atoms with E-state index < -0.39 is 11.7 Å². The number of likely N-dealkylation sites (tertiary alicyclic amines) is 1. The van der Waals surface area contributed by atoms with Crippen molar-refractivity contribution in [3.05, 3.63) is 17.5 Å². The number of hydrogen-bond acceptors (Lipinski definition) is 6. The van der Waals surface area contributed by atoms with Crippen molar-refractivity contribution >= 4 is 11.9 Å². The van der Waals surface area contributed by atoms with Crippen molar-refractivity contribution in [2.45, 2.75) is 57.7 Å². The van der Waals surface area contributed by atoms with Crippen LogP contribution in [0.15, 0.2) is 6.20 Å². The number of anilines is 1. The zero-order valence-electron chi connectivity index (χ0n) is 15.1. The van der Waals surface area contributed by atoms with Crippen molar-refractivity contribution in [1.82, 2.24) is 14.9 Å². The molecule has 25 heavy (non-hydrogen) atoms. The first-order valence-corrected chi connectivity index (χ1v) is 9.23. The highest BCUT2D eigenvalue weighted by molar-refractivity contribution is 5.95. The van der Waals surface area contributed by atoms with E-state index in [0.717, 1.165) is 25.9 Å². The van der Waals surface area contributed by atoms with E-state index in [0.29, 0.717) is 36.6 Å². The summed E-state index contributed by atoms with van der Waals surface area (Å²) >= 11 is 0. The lowest BCUT2D eigenvalue weighted by Crippen LogP contribution is -2.56. The number of aryl methyl sites for hydroxylation is 1. The first-order valence-electron chi connectivity index (χ1n) is 9.23. The highest BCUT2D eigenvalue weighted by Crippen LogP contribution is 2.27. The minimum absolute atomic E-state index is 0.135. The first kappa shape index (κ1) is 18.1. The lowest BCUT2D eigenvalue weighted by atomic mass is 9.86. The van der Waals surface area contributed by atoms with Crippen LogP contribution < -0.4 is 4.90 Å². The van der Waals surface area contributed by atoms with Gasteiger partial charge in [-0.25, -0.2) is 9.97 Å². The Kier molecular flexibility index (Phi) is 5.24. The second kappa shape index (κ2) is 7.25. The van der Waals surface area contributed by atoms with Gasteiger partial charge in [-0.1, -0.05) is 6.92 Å². The summed E-state index contributed by atoms with van der Waals surface area (Å²) in [6.45, 7) is 6.15. The highest BCUT2D eigenvalue weighted by Gasteiger charge is 2.40. The quantitative estimate of drug-likeness (QED) is 0.851. The third-order valence-electron chi connectivity index (χ3n) is 5.56. The molecule has 0 saturated carbocycles. The van der Waals surface area contributed by atoms with Crippen LogP contribution in [0.1, 0.15) is 55.1 Å². The van der Waals surface area contributed by atoms with Gasteiger partial charge in [-0.05, 0) is 39.0 Å². The number of nitrogens with zero attached hydrogens (tertiary/aromatic N) is 4. The maximum absolute atomic E-state index is 12.8. The van der Waals surface area contributed by atoms with Crippen LogP contribution in [0.3, 0.4) is 0 Å². The molecule has 2 N–H and O–H groups in total. The van der Waals surface area contributed by atoms with Crippen LogP contribution in [0, 0.1) is 6.92 Å². The molecule has 0 aliphatic carbocycles. The molecule has 7 heteroatoms. The van der Waals surface area contributed by atoms with Gasteiger partial charge in [0.15, 0.2) is 0 Å². The maximum atomic E-state index is 12.8. The van der Waals surface area contributed by atoms with Gasteiger partial charge in [0.25, 0.3) is 5.91 Å². The largest absolute Gasteiger partial charge is 0.388 e. The molecule has 1 aromatic rings. The molecule has 2 aliphatic rings. The van der Waals surface area contributed by atoms with Crippen molar-refractivity contribution in [3.63, 3.8) is 0 Å². The molecule has 7 nitrogen and oxygen atoms in total. The topological polar surface area (TPSA) is 89.8 Å². The zero-order chi connectivity index (χ0) is 18.0. The molecule has 2 atom stereocenters. The molecule has 2 fully saturated rings. The Balaban J connectivity index is 1.72. The van der Waals surface area contributed by atoms with Crippen LogP contribution in [-0.4, -0.2) is 68.9 Å². The number of rotatable bonds is 3. The van der Waals surface area contributed by atoms with Crippen LogP contribution >= 0.6 is 0 Å². The van der Waals surface area contributed by atoms with Crippen molar-refractivity contribution in [2.24, 2.45) is 0 Å². The monoisotopic (exact) mass is 348 g/mol. The van der Waals surface area contributed by atoms with E-state index in [1.54, 1.807) is 11.1 Å². The molecule has 0 unspecified atom stereocenters. The van der Waals surface area contributed by atoms with Crippen molar-refractivity contribution in [3.8, 4) is 0 Å². The summed E-state index contributed by atoms with van der Waals surface area (Å²) in [6, 6.07) is 0. The summed E-state index contributed by atoms with van der Waals surface area (Å²) in [5.74, 6) is 0.507. The van der Waals surface area contributed by atoms with Gasteiger partial charge in [0, 0.05) is 32.4 Å². The van der Waals surface area contributed by atoms with Gasteiger partial charge in [-0.2, -0.15) is 0 Å². The summed E-state index contributed by atoms with van der Waals surface area (Å²) in [5, 5.41) is 20.5. The number of aliphatic hydroxyl groups is 2. The number of aromatic nitrogens is 2.